The minimum Gasteiger partial charge on any atom is -0.369 e. The average Bonchev–Trinajstić information content (AvgIpc) is 3.06. The molecule has 31 heavy (non-hydrogen) atoms. The minimum absolute atomic E-state index is 0.166. The zero-order valence-electron chi connectivity index (χ0n) is 16.3. The van der Waals surface area contributed by atoms with Gasteiger partial charge in [-0.1, -0.05) is 6.07 Å². The maximum Gasteiger partial charge on any atom is 0.416 e. The quantitative estimate of drug-likeness (QED) is 0.333. The SMILES string of the molecule is N#CN[C@H]1CCCN(c2c(F)cc(CC(N)=O)c3[nH]c4cc(C(F)(F)F)ccc4c23)C1. The molecule has 0 aliphatic carbocycles. The molecule has 0 bridgehead atoms. The van der Waals surface area contributed by atoms with Gasteiger partial charge in [0.05, 0.1) is 29.2 Å². The van der Waals surface area contributed by atoms with Gasteiger partial charge >= 0.3 is 6.18 Å². The molecule has 10 heteroatoms. The molecule has 0 radical (unpaired) electrons. The van der Waals surface area contributed by atoms with Crippen molar-refractivity contribution in [3.63, 3.8) is 0 Å². The van der Waals surface area contributed by atoms with Crippen molar-refractivity contribution in [2.75, 3.05) is 18.0 Å². The van der Waals surface area contributed by atoms with Gasteiger partial charge in [-0.05, 0) is 36.6 Å². The van der Waals surface area contributed by atoms with Crippen molar-refractivity contribution in [1.29, 1.82) is 5.26 Å². The predicted molar refractivity (Wildman–Crippen MR) is 108 cm³/mol. The first-order valence-corrected chi connectivity index (χ1v) is 9.71. The van der Waals surface area contributed by atoms with E-state index in [9.17, 15) is 18.0 Å². The summed E-state index contributed by atoms with van der Waals surface area (Å²) in [6.45, 7) is 0.889. The second-order valence-electron chi connectivity index (χ2n) is 7.68. The molecular weight excluding hydrogens is 414 g/mol. The zero-order chi connectivity index (χ0) is 22.3. The summed E-state index contributed by atoms with van der Waals surface area (Å²) in [4.78, 5) is 16.2. The molecule has 1 fully saturated rings. The molecule has 0 saturated carbocycles. The Bertz CT molecular complexity index is 1210. The van der Waals surface area contributed by atoms with Gasteiger partial charge in [-0.2, -0.15) is 18.4 Å². The number of nitriles is 1. The number of rotatable bonds is 4. The van der Waals surface area contributed by atoms with Crippen LogP contribution >= 0.6 is 0 Å². The fourth-order valence-corrected chi connectivity index (χ4v) is 4.30. The molecule has 2 aromatic carbocycles. The number of carbonyl (C=O) groups is 1. The molecule has 0 unspecified atom stereocenters. The predicted octanol–water partition coefficient (Wildman–Crippen LogP) is 3.55. The van der Waals surface area contributed by atoms with Crippen LogP contribution in [0.2, 0.25) is 0 Å². The van der Waals surface area contributed by atoms with Crippen molar-refractivity contribution < 1.29 is 22.4 Å². The molecule has 6 nitrogen and oxygen atoms in total. The molecule has 1 aliphatic rings. The van der Waals surface area contributed by atoms with Crippen LogP contribution in [0, 0.1) is 17.3 Å². The smallest absolute Gasteiger partial charge is 0.369 e. The van der Waals surface area contributed by atoms with Crippen LogP contribution in [0.4, 0.5) is 23.2 Å². The number of aromatic amines is 1. The van der Waals surface area contributed by atoms with Gasteiger partial charge in [-0.25, -0.2) is 4.39 Å². The normalized spacial score (nSPS) is 17.1. The standard InChI is InChI=1S/C21H19F4N5O/c22-15-6-11(7-17(27)31)19-18(20(15)30-5-1-2-13(9-30)28-10-26)14-4-3-12(21(23,24)25)8-16(14)29-19/h3-4,6,8,13,28-29H,1-2,5,7,9H2,(H2,27,31)/t13-/m0/s1. The number of halogens is 4. The van der Waals surface area contributed by atoms with Gasteiger partial charge in [0.15, 0.2) is 6.19 Å². The maximum absolute atomic E-state index is 15.3. The molecule has 4 rings (SSSR count). The summed E-state index contributed by atoms with van der Waals surface area (Å²) >= 11 is 0. The Morgan fingerprint density at radius 1 is 1.35 bits per heavy atom. The van der Waals surface area contributed by atoms with Crippen LogP contribution in [-0.2, 0) is 17.4 Å². The summed E-state index contributed by atoms with van der Waals surface area (Å²) in [5, 5.41) is 12.4. The van der Waals surface area contributed by atoms with Crippen molar-refractivity contribution in [2.45, 2.75) is 31.5 Å². The summed E-state index contributed by atoms with van der Waals surface area (Å²) in [5.41, 5.74) is 5.54. The van der Waals surface area contributed by atoms with Gasteiger partial charge in [0.2, 0.25) is 5.91 Å². The number of aromatic nitrogens is 1. The number of carbonyl (C=O) groups excluding carboxylic acids is 1. The molecule has 4 N–H and O–H groups in total. The van der Waals surface area contributed by atoms with E-state index >= 15 is 4.39 Å². The Balaban J connectivity index is 1.96. The van der Waals surface area contributed by atoms with Crippen molar-refractivity contribution in [2.24, 2.45) is 5.73 Å². The van der Waals surface area contributed by atoms with E-state index < -0.39 is 23.5 Å². The molecule has 1 aromatic heterocycles. The minimum atomic E-state index is -4.53. The summed E-state index contributed by atoms with van der Waals surface area (Å²) in [5.74, 6) is -1.28. The number of amides is 1. The van der Waals surface area contributed by atoms with Crippen LogP contribution in [0.5, 0.6) is 0 Å². The molecule has 162 valence electrons. The molecule has 3 aromatic rings. The van der Waals surface area contributed by atoms with Gasteiger partial charge in [-0.15, -0.1) is 0 Å². The monoisotopic (exact) mass is 433 g/mol. The summed E-state index contributed by atoms with van der Waals surface area (Å²) in [6, 6.07) is 4.27. The fraction of sp³-hybridized carbons (Fsp3) is 0.333. The van der Waals surface area contributed by atoms with Gasteiger partial charge < -0.3 is 20.9 Å². The number of nitrogens with two attached hydrogens (primary N) is 1. The number of fused-ring (bicyclic) bond motifs is 3. The molecule has 0 spiro atoms. The molecule has 1 aliphatic heterocycles. The Hall–Kier alpha value is -3.48. The lowest BCUT2D eigenvalue weighted by Crippen LogP contribution is -2.44. The number of piperidine rings is 1. The Labute approximate surface area is 174 Å². The lowest BCUT2D eigenvalue weighted by Gasteiger charge is -2.34. The molecular formula is C21H19F4N5O. The summed E-state index contributed by atoms with van der Waals surface area (Å²) in [7, 11) is 0. The number of H-pyrrole nitrogens is 1. The van der Waals surface area contributed by atoms with E-state index in [-0.39, 0.29) is 29.2 Å². The third kappa shape index (κ3) is 3.83. The van der Waals surface area contributed by atoms with Crippen molar-refractivity contribution in [3.8, 4) is 6.19 Å². The maximum atomic E-state index is 15.3. The van der Waals surface area contributed by atoms with Crippen LogP contribution in [0.1, 0.15) is 24.0 Å². The molecule has 1 amide bonds. The van der Waals surface area contributed by atoms with Crippen LogP contribution in [-0.4, -0.2) is 30.0 Å². The fourth-order valence-electron chi connectivity index (χ4n) is 4.30. The molecule has 1 saturated heterocycles. The number of nitrogens with zero attached hydrogens (tertiary/aromatic N) is 2. The largest absolute Gasteiger partial charge is 0.416 e. The number of anilines is 1. The van der Waals surface area contributed by atoms with Gasteiger partial charge in [-0.3, -0.25) is 4.79 Å². The third-order valence-electron chi connectivity index (χ3n) is 5.58. The first kappa shape index (κ1) is 20.8. The van der Waals surface area contributed by atoms with E-state index in [0.29, 0.717) is 35.8 Å². The van der Waals surface area contributed by atoms with Gasteiger partial charge in [0.25, 0.3) is 0 Å². The Kier molecular flexibility index (Phi) is 5.13. The highest BCUT2D eigenvalue weighted by Gasteiger charge is 2.32. The highest BCUT2D eigenvalue weighted by atomic mass is 19.4. The Morgan fingerprint density at radius 3 is 2.81 bits per heavy atom. The first-order chi connectivity index (χ1) is 14.7. The summed E-state index contributed by atoms with van der Waals surface area (Å²) < 4.78 is 54.9. The van der Waals surface area contributed by atoms with E-state index in [1.807, 2.05) is 6.19 Å². The van der Waals surface area contributed by atoms with Crippen molar-refractivity contribution in [1.82, 2.24) is 10.3 Å². The molecule has 2 heterocycles. The highest BCUT2D eigenvalue weighted by molar-refractivity contribution is 6.15. The lowest BCUT2D eigenvalue weighted by molar-refractivity contribution is -0.137. The summed E-state index contributed by atoms with van der Waals surface area (Å²) in [6.07, 6.45) is -1.43. The van der Waals surface area contributed by atoms with E-state index in [2.05, 4.69) is 10.3 Å². The average molecular weight is 433 g/mol. The number of alkyl halides is 3. The number of nitrogens with one attached hydrogen (secondary N) is 2. The van der Waals surface area contributed by atoms with Crippen LogP contribution in [0.3, 0.4) is 0 Å². The van der Waals surface area contributed by atoms with E-state index in [1.165, 1.54) is 12.1 Å². The Morgan fingerprint density at radius 2 is 2.13 bits per heavy atom. The molecule has 1 atom stereocenters. The third-order valence-corrected chi connectivity index (χ3v) is 5.58. The second-order valence-corrected chi connectivity index (χ2v) is 7.68. The van der Waals surface area contributed by atoms with Crippen molar-refractivity contribution in [3.05, 3.63) is 41.2 Å². The number of hydrogen-bond donors (Lipinski definition) is 3. The highest BCUT2D eigenvalue weighted by Crippen LogP contribution is 2.41. The number of benzene rings is 2. The van der Waals surface area contributed by atoms with E-state index in [0.717, 1.165) is 18.6 Å². The zero-order valence-corrected chi connectivity index (χ0v) is 16.3. The van der Waals surface area contributed by atoms with Gasteiger partial charge in [0, 0.05) is 29.4 Å². The first-order valence-electron chi connectivity index (χ1n) is 9.71. The van der Waals surface area contributed by atoms with Gasteiger partial charge in [0.1, 0.15) is 5.82 Å². The van der Waals surface area contributed by atoms with E-state index in [4.69, 9.17) is 11.0 Å². The van der Waals surface area contributed by atoms with Crippen molar-refractivity contribution >= 4 is 33.4 Å². The van der Waals surface area contributed by atoms with Crippen LogP contribution < -0.4 is 16.0 Å². The lowest BCUT2D eigenvalue weighted by atomic mass is 9.99. The van der Waals surface area contributed by atoms with E-state index in [1.54, 1.807) is 4.90 Å². The number of hydrogen-bond acceptors (Lipinski definition) is 4. The van der Waals surface area contributed by atoms with Crippen LogP contribution in [0.15, 0.2) is 24.3 Å². The number of primary amides is 1. The second kappa shape index (κ2) is 7.65. The van der Waals surface area contributed by atoms with Crippen LogP contribution in [0.25, 0.3) is 21.8 Å². The topological polar surface area (TPSA) is 97.9 Å².